The zero-order valence-electron chi connectivity index (χ0n) is 17.4. The molecule has 1 atom stereocenters. The molecule has 2 saturated heterocycles. The molecule has 1 aliphatic carbocycles. The third-order valence-electron chi connectivity index (χ3n) is 6.30. The smallest absolute Gasteiger partial charge is 0.247 e. The van der Waals surface area contributed by atoms with Gasteiger partial charge in [-0.05, 0) is 56.5 Å². The van der Waals surface area contributed by atoms with Gasteiger partial charge in [0.15, 0.2) is 0 Å². The van der Waals surface area contributed by atoms with Crippen molar-refractivity contribution < 1.29 is 18.0 Å². The van der Waals surface area contributed by atoms with Crippen molar-refractivity contribution in [1.82, 2.24) is 14.1 Å². The Labute approximate surface area is 178 Å². The van der Waals surface area contributed by atoms with Crippen LogP contribution in [0.1, 0.15) is 32.6 Å². The number of sulfonamides is 1. The van der Waals surface area contributed by atoms with Crippen molar-refractivity contribution in [2.75, 3.05) is 44.6 Å². The standard InChI is InChI=1S/C21H30N4O4S/c1-2-23-12-14-24(15-13-23)30(28,29)18-9-7-17(8-10-18)22-20(26)19-4-3-11-25(19)21(27)16-5-6-16/h7-10,16,19H,2-6,11-15H2,1H3,(H,22,26). The quantitative estimate of drug-likeness (QED) is 0.730. The summed E-state index contributed by atoms with van der Waals surface area (Å²) in [7, 11) is -3.54. The van der Waals surface area contributed by atoms with Crippen LogP contribution in [-0.4, -0.2) is 79.6 Å². The highest BCUT2D eigenvalue weighted by Gasteiger charge is 2.40. The number of nitrogens with zero attached hydrogens (tertiary/aromatic N) is 3. The first-order chi connectivity index (χ1) is 14.4. The summed E-state index contributed by atoms with van der Waals surface area (Å²) >= 11 is 0. The summed E-state index contributed by atoms with van der Waals surface area (Å²) in [4.78, 5) is 29.3. The van der Waals surface area contributed by atoms with E-state index in [1.54, 1.807) is 29.2 Å². The van der Waals surface area contributed by atoms with Gasteiger partial charge in [0.05, 0.1) is 4.90 Å². The van der Waals surface area contributed by atoms with Gasteiger partial charge in [0.25, 0.3) is 0 Å². The minimum absolute atomic E-state index is 0.0947. The lowest BCUT2D eigenvalue weighted by molar-refractivity contribution is -0.137. The Hall–Kier alpha value is -1.97. The van der Waals surface area contributed by atoms with Crippen LogP contribution in [0.3, 0.4) is 0 Å². The van der Waals surface area contributed by atoms with Crippen molar-refractivity contribution in [2.24, 2.45) is 5.92 Å². The second-order valence-corrected chi connectivity index (χ2v) is 10.3. The summed E-state index contributed by atoms with van der Waals surface area (Å²) < 4.78 is 27.3. The number of hydrogen-bond donors (Lipinski definition) is 1. The van der Waals surface area contributed by atoms with E-state index in [0.717, 1.165) is 38.9 Å². The summed E-state index contributed by atoms with van der Waals surface area (Å²) in [6.45, 7) is 6.08. The average Bonchev–Trinajstić information content (AvgIpc) is 3.49. The molecule has 0 spiro atoms. The number of likely N-dealkylation sites (tertiary alicyclic amines) is 1. The van der Waals surface area contributed by atoms with E-state index in [4.69, 9.17) is 0 Å². The number of nitrogens with one attached hydrogen (secondary N) is 1. The number of hydrogen-bond acceptors (Lipinski definition) is 5. The molecule has 8 nitrogen and oxygen atoms in total. The molecule has 0 bridgehead atoms. The van der Waals surface area contributed by atoms with E-state index >= 15 is 0 Å². The van der Waals surface area contributed by atoms with Crippen molar-refractivity contribution >= 4 is 27.5 Å². The fraction of sp³-hybridized carbons (Fsp3) is 0.619. The lowest BCUT2D eigenvalue weighted by Gasteiger charge is -2.33. The highest BCUT2D eigenvalue weighted by atomic mass is 32.2. The van der Waals surface area contributed by atoms with E-state index in [-0.39, 0.29) is 22.6 Å². The molecule has 1 aromatic carbocycles. The van der Waals surface area contributed by atoms with Crippen LogP contribution >= 0.6 is 0 Å². The molecular weight excluding hydrogens is 404 g/mol. The predicted molar refractivity (Wildman–Crippen MR) is 113 cm³/mol. The third kappa shape index (κ3) is 4.38. The van der Waals surface area contributed by atoms with E-state index in [1.807, 2.05) is 0 Å². The lowest BCUT2D eigenvalue weighted by atomic mass is 10.2. The molecule has 30 heavy (non-hydrogen) atoms. The molecule has 3 fully saturated rings. The van der Waals surface area contributed by atoms with Crippen LogP contribution < -0.4 is 5.32 Å². The van der Waals surface area contributed by atoms with Gasteiger partial charge >= 0.3 is 0 Å². The molecule has 1 unspecified atom stereocenters. The first kappa shape index (κ1) is 21.3. The maximum absolute atomic E-state index is 12.9. The second kappa shape index (κ2) is 8.64. The Morgan fingerprint density at radius 2 is 1.67 bits per heavy atom. The predicted octanol–water partition coefficient (Wildman–Crippen LogP) is 1.35. The Bertz CT molecular complexity index is 890. The van der Waals surface area contributed by atoms with E-state index in [9.17, 15) is 18.0 Å². The van der Waals surface area contributed by atoms with Crippen LogP contribution in [0.2, 0.25) is 0 Å². The molecule has 1 N–H and O–H groups in total. The maximum Gasteiger partial charge on any atom is 0.247 e. The van der Waals surface area contributed by atoms with E-state index in [0.29, 0.717) is 31.7 Å². The van der Waals surface area contributed by atoms with Crippen LogP contribution in [0, 0.1) is 5.92 Å². The van der Waals surface area contributed by atoms with Gasteiger partial charge in [0, 0.05) is 44.3 Å². The van der Waals surface area contributed by atoms with Gasteiger partial charge in [-0.3, -0.25) is 9.59 Å². The minimum Gasteiger partial charge on any atom is -0.330 e. The summed E-state index contributed by atoms with van der Waals surface area (Å²) in [5.74, 6) is -0.00728. The fourth-order valence-corrected chi connectivity index (χ4v) is 5.66. The van der Waals surface area contributed by atoms with Crippen LogP contribution in [0.15, 0.2) is 29.2 Å². The monoisotopic (exact) mass is 434 g/mol. The molecule has 4 rings (SSSR count). The van der Waals surface area contributed by atoms with Gasteiger partial charge in [0.1, 0.15) is 6.04 Å². The zero-order valence-corrected chi connectivity index (χ0v) is 18.2. The molecule has 3 aliphatic rings. The number of carbonyl (C=O) groups excluding carboxylic acids is 2. The number of piperazine rings is 1. The highest BCUT2D eigenvalue weighted by Crippen LogP contribution is 2.34. The van der Waals surface area contributed by atoms with Crippen molar-refractivity contribution in [3.8, 4) is 0 Å². The summed E-state index contributed by atoms with van der Waals surface area (Å²) in [6.07, 6.45) is 3.35. The summed E-state index contributed by atoms with van der Waals surface area (Å²) in [6, 6.07) is 5.89. The maximum atomic E-state index is 12.9. The molecule has 9 heteroatoms. The van der Waals surface area contributed by atoms with Crippen molar-refractivity contribution in [3.05, 3.63) is 24.3 Å². The molecule has 0 aromatic heterocycles. The van der Waals surface area contributed by atoms with Crippen molar-refractivity contribution in [3.63, 3.8) is 0 Å². The van der Waals surface area contributed by atoms with Crippen LogP contribution in [-0.2, 0) is 19.6 Å². The molecule has 1 aromatic rings. The topological polar surface area (TPSA) is 90.0 Å². The largest absolute Gasteiger partial charge is 0.330 e. The van der Waals surface area contributed by atoms with Crippen LogP contribution in [0.4, 0.5) is 5.69 Å². The van der Waals surface area contributed by atoms with Crippen LogP contribution in [0.25, 0.3) is 0 Å². The number of carbonyl (C=O) groups is 2. The van der Waals surface area contributed by atoms with Crippen molar-refractivity contribution in [1.29, 1.82) is 0 Å². The molecule has 164 valence electrons. The Kier molecular flexibility index (Phi) is 6.13. The normalized spacial score (nSPS) is 23.5. The molecule has 0 radical (unpaired) electrons. The second-order valence-electron chi connectivity index (χ2n) is 8.32. The van der Waals surface area contributed by atoms with Crippen LogP contribution in [0.5, 0.6) is 0 Å². The van der Waals surface area contributed by atoms with Gasteiger partial charge in [-0.25, -0.2) is 8.42 Å². The number of likely N-dealkylation sites (N-methyl/N-ethyl adjacent to an activating group) is 1. The van der Waals surface area contributed by atoms with Crippen molar-refractivity contribution in [2.45, 2.75) is 43.5 Å². The molecule has 2 heterocycles. The van der Waals surface area contributed by atoms with Gasteiger partial charge in [-0.1, -0.05) is 6.92 Å². The van der Waals surface area contributed by atoms with E-state index in [1.165, 1.54) is 4.31 Å². The average molecular weight is 435 g/mol. The Morgan fingerprint density at radius 3 is 2.27 bits per heavy atom. The van der Waals surface area contributed by atoms with Gasteiger partial charge in [0.2, 0.25) is 21.8 Å². The number of benzene rings is 1. The first-order valence-corrected chi connectivity index (χ1v) is 12.3. The number of rotatable bonds is 6. The minimum atomic E-state index is -3.54. The summed E-state index contributed by atoms with van der Waals surface area (Å²) in [5.41, 5.74) is 0.542. The van der Waals surface area contributed by atoms with E-state index < -0.39 is 16.1 Å². The van der Waals surface area contributed by atoms with E-state index in [2.05, 4.69) is 17.1 Å². The molecule has 2 aliphatic heterocycles. The Balaban J connectivity index is 1.38. The van der Waals surface area contributed by atoms with Gasteiger partial charge in [-0.15, -0.1) is 0 Å². The number of anilines is 1. The molecule has 2 amide bonds. The van der Waals surface area contributed by atoms with Gasteiger partial charge in [-0.2, -0.15) is 4.31 Å². The number of amides is 2. The molecule has 1 saturated carbocycles. The highest BCUT2D eigenvalue weighted by molar-refractivity contribution is 7.89. The summed E-state index contributed by atoms with van der Waals surface area (Å²) in [5, 5.41) is 2.85. The SMILES string of the molecule is CCN1CCN(S(=O)(=O)c2ccc(NC(=O)C3CCCN3C(=O)C3CC3)cc2)CC1. The van der Waals surface area contributed by atoms with Gasteiger partial charge < -0.3 is 15.1 Å². The lowest BCUT2D eigenvalue weighted by Crippen LogP contribution is -2.48. The fourth-order valence-electron chi connectivity index (χ4n) is 4.24. The Morgan fingerprint density at radius 1 is 1.00 bits per heavy atom. The first-order valence-electron chi connectivity index (χ1n) is 10.8. The zero-order chi connectivity index (χ0) is 21.3. The third-order valence-corrected chi connectivity index (χ3v) is 8.22. The molecular formula is C21H30N4O4S.